The van der Waals surface area contributed by atoms with Crippen molar-refractivity contribution in [1.82, 2.24) is 0 Å². The predicted molar refractivity (Wildman–Crippen MR) is 65.0 cm³/mol. The number of anilines is 1. The fourth-order valence-electron chi connectivity index (χ4n) is 2.33. The molecule has 1 aliphatic rings. The molecule has 1 fully saturated rings. The van der Waals surface area contributed by atoms with Crippen LogP contribution in [0.2, 0.25) is 0 Å². The van der Waals surface area contributed by atoms with Gasteiger partial charge < -0.3 is 11.1 Å². The Hall–Kier alpha value is -1.09. The standard InChI is InChI=1S/C13H19FN2/c1-9-8-10(14)6-7-12(9)16-13-5-3-2-4-11(13)15/h6-8,11,13,16H,2-5,15H2,1H3/t11-,13-/m1/s1. The van der Waals surface area contributed by atoms with Gasteiger partial charge in [-0.3, -0.25) is 0 Å². The molecule has 3 heteroatoms. The number of aryl methyl sites for hydroxylation is 1. The minimum Gasteiger partial charge on any atom is -0.381 e. The molecule has 0 radical (unpaired) electrons. The molecule has 0 aromatic heterocycles. The van der Waals surface area contributed by atoms with E-state index in [0.717, 1.165) is 24.1 Å². The van der Waals surface area contributed by atoms with Crippen molar-refractivity contribution in [2.45, 2.75) is 44.7 Å². The molecule has 0 amide bonds. The molecule has 0 aliphatic heterocycles. The molecule has 1 saturated carbocycles. The highest BCUT2D eigenvalue weighted by atomic mass is 19.1. The number of halogens is 1. The third-order valence-corrected chi connectivity index (χ3v) is 3.35. The highest BCUT2D eigenvalue weighted by Crippen LogP contribution is 2.23. The third-order valence-electron chi connectivity index (χ3n) is 3.35. The zero-order valence-corrected chi connectivity index (χ0v) is 9.67. The van der Waals surface area contributed by atoms with E-state index in [1.807, 2.05) is 6.92 Å². The van der Waals surface area contributed by atoms with Gasteiger partial charge in [0.05, 0.1) is 0 Å². The van der Waals surface area contributed by atoms with Gasteiger partial charge in [-0.25, -0.2) is 4.39 Å². The summed E-state index contributed by atoms with van der Waals surface area (Å²) in [7, 11) is 0. The summed E-state index contributed by atoms with van der Waals surface area (Å²) in [4.78, 5) is 0. The first-order valence-electron chi connectivity index (χ1n) is 5.95. The molecule has 2 atom stereocenters. The van der Waals surface area contributed by atoms with Crippen LogP contribution in [0.5, 0.6) is 0 Å². The fraction of sp³-hybridized carbons (Fsp3) is 0.538. The van der Waals surface area contributed by atoms with Crippen molar-refractivity contribution in [2.75, 3.05) is 5.32 Å². The number of hydrogen-bond donors (Lipinski definition) is 2. The van der Waals surface area contributed by atoms with E-state index in [1.165, 1.54) is 18.9 Å². The summed E-state index contributed by atoms with van der Waals surface area (Å²) in [5, 5.41) is 3.43. The second kappa shape index (κ2) is 4.83. The van der Waals surface area contributed by atoms with Crippen LogP contribution in [0.25, 0.3) is 0 Å². The van der Waals surface area contributed by atoms with Crippen molar-refractivity contribution < 1.29 is 4.39 Å². The molecule has 3 N–H and O–H groups in total. The van der Waals surface area contributed by atoms with Gasteiger partial charge in [-0.2, -0.15) is 0 Å². The first-order valence-corrected chi connectivity index (χ1v) is 5.95. The van der Waals surface area contributed by atoms with Gasteiger partial charge in [-0.1, -0.05) is 12.8 Å². The van der Waals surface area contributed by atoms with Crippen molar-refractivity contribution in [3.8, 4) is 0 Å². The van der Waals surface area contributed by atoms with Crippen LogP contribution in [0, 0.1) is 12.7 Å². The van der Waals surface area contributed by atoms with Gasteiger partial charge in [0.15, 0.2) is 0 Å². The van der Waals surface area contributed by atoms with Crippen LogP contribution < -0.4 is 11.1 Å². The normalized spacial score (nSPS) is 25.4. The number of nitrogens with one attached hydrogen (secondary N) is 1. The number of nitrogens with two attached hydrogens (primary N) is 1. The number of rotatable bonds is 2. The summed E-state index contributed by atoms with van der Waals surface area (Å²) in [6, 6.07) is 5.39. The summed E-state index contributed by atoms with van der Waals surface area (Å²) in [5.41, 5.74) is 8.02. The molecule has 0 unspecified atom stereocenters. The van der Waals surface area contributed by atoms with Crippen LogP contribution in [0.3, 0.4) is 0 Å². The summed E-state index contributed by atoms with van der Waals surface area (Å²) < 4.78 is 13.0. The van der Waals surface area contributed by atoms with E-state index in [2.05, 4.69) is 5.32 Å². The lowest BCUT2D eigenvalue weighted by molar-refractivity contribution is 0.404. The van der Waals surface area contributed by atoms with Crippen molar-refractivity contribution in [3.05, 3.63) is 29.6 Å². The van der Waals surface area contributed by atoms with Crippen LogP contribution in [0.4, 0.5) is 10.1 Å². The quantitative estimate of drug-likeness (QED) is 0.807. The van der Waals surface area contributed by atoms with Crippen molar-refractivity contribution in [2.24, 2.45) is 5.73 Å². The van der Waals surface area contributed by atoms with E-state index in [9.17, 15) is 4.39 Å². The Kier molecular flexibility index (Phi) is 3.44. The molecule has 0 saturated heterocycles. The highest BCUT2D eigenvalue weighted by molar-refractivity contribution is 5.51. The van der Waals surface area contributed by atoms with Crippen molar-refractivity contribution in [3.63, 3.8) is 0 Å². The molecule has 0 bridgehead atoms. The zero-order valence-electron chi connectivity index (χ0n) is 9.67. The van der Waals surface area contributed by atoms with Crippen LogP contribution in [-0.4, -0.2) is 12.1 Å². The Balaban J connectivity index is 2.07. The smallest absolute Gasteiger partial charge is 0.123 e. The highest BCUT2D eigenvalue weighted by Gasteiger charge is 2.21. The average molecular weight is 222 g/mol. The predicted octanol–water partition coefficient (Wildman–Crippen LogP) is 2.82. The lowest BCUT2D eigenvalue weighted by atomic mass is 9.90. The minimum atomic E-state index is -0.184. The van der Waals surface area contributed by atoms with E-state index in [1.54, 1.807) is 12.1 Å². The molecular weight excluding hydrogens is 203 g/mol. The first-order chi connectivity index (χ1) is 7.66. The van der Waals surface area contributed by atoms with Crippen LogP contribution in [0.1, 0.15) is 31.2 Å². The molecule has 1 aromatic carbocycles. The molecular formula is C13H19FN2. The Morgan fingerprint density at radius 2 is 2.06 bits per heavy atom. The molecule has 0 heterocycles. The molecule has 16 heavy (non-hydrogen) atoms. The Labute approximate surface area is 96.0 Å². The van der Waals surface area contributed by atoms with Crippen LogP contribution >= 0.6 is 0 Å². The van der Waals surface area contributed by atoms with Crippen LogP contribution in [0.15, 0.2) is 18.2 Å². The van der Waals surface area contributed by atoms with Gasteiger partial charge in [0.1, 0.15) is 5.82 Å². The van der Waals surface area contributed by atoms with E-state index in [4.69, 9.17) is 5.73 Å². The van der Waals surface area contributed by atoms with Gasteiger partial charge in [0.2, 0.25) is 0 Å². The van der Waals surface area contributed by atoms with Gasteiger partial charge in [-0.05, 0) is 43.5 Å². The lowest BCUT2D eigenvalue weighted by Gasteiger charge is -2.30. The fourth-order valence-corrected chi connectivity index (χ4v) is 2.33. The van der Waals surface area contributed by atoms with E-state index in [-0.39, 0.29) is 11.9 Å². The maximum atomic E-state index is 13.0. The van der Waals surface area contributed by atoms with Gasteiger partial charge >= 0.3 is 0 Å². The Morgan fingerprint density at radius 1 is 1.31 bits per heavy atom. The Morgan fingerprint density at radius 3 is 2.75 bits per heavy atom. The molecule has 0 spiro atoms. The van der Waals surface area contributed by atoms with Crippen LogP contribution in [-0.2, 0) is 0 Å². The monoisotopic (exact) mass is 222 g/mol. The third kappa shape index (κ3) is 2.53. The molecule has 2 rings (SSSR count). The second-order valence-corrected chi connectivity index (χ2v) is 4.66. The van der Waals surface area contributed by atoms with Gasteiger partial charge in [0, 0.05) is 17.8 Å². The summed E-state index contributed by atoms with van der Waals surface area (Å²) >= 11 is 0. The summed E-state index contributed by atoms with van der Waals surface area (Å²) in [5.74, 6) is -0.184. The number of hydrogen-bond acceptors (Lipinski definition) is 2. The van der Waals surface area contributed by atoms with Crippen molar-refractivity contribution >= 4 is 5.69 Å². The Bertz CT molecular complexity index is 365. The van der Waals surface area contributed by atoms with E-state index < -0.39 is 0 Å². The topological polar surface area (TPSA) is 38.0 Å². The first kappa shape index (κ1) is 11.4. The summed E-state index contributed by atoms with van der Waals surface area (Å²) in [6.07, 6.45) is 4.64. The molecule has 2 nitrogen and oxygen atoms in total. The zero-order chi connectivity index (χ0) is 11.5. The molecule has 1 aliphatic carbocycles. The second-order valence-electron chi connectivity index (χ2n) is 4.66. The average Bonchev–Trinajstić information content (AvgIpc) is 2.25. The number of benzene rings is 1. The summed E-state index contributed by atoms with van der Waals surface area (Å²) in [6.45, 7) is 1.92. The van der Waals surface area contributed by atoms with Crippen molar-refractivity contribution in [1.29, 1.82) is 0 Å². The molecule has 88 valence electrons. The van der Waals surface area contributed by atoms with Gasteiger partial charge in [-0.15, -0.1) is 0 Å². The lowest BCUT2D eigenvalue weighted by Crippen LogP contribution is -2.42. The SMILES string of the molecule is Cc1cc(F)ccc1N[C@@H]1CCCC[C@H]1N. The minimum absolute atomic E-state index is 0.184. The van der Waals surface area contributed by atoms with E-state index >= 15 is 0 Å². The molecule has 1 aromatic rings. The largest absolute Gasteiger partial charge is 0.381 e. The maximum absolute atomic E-state index is 13.0. The van der Waals surface area contributed by atoms with E-state index in [0.29, 0.717) is 6.04 Å². The van der Waals surface area contributed by atoms with Gasteiger partial charge in [0.25, 0.3) is 0 Å². The maximum Gasteiger partial charge on any atom is 0.123 e.